The van der Waals surface area contributed by atoms with Gasteiger partial charge in [0.25, 0.3) is 0 Å². The lowest BCUT2D eigenvalue weighted by Crippen LogP contribution is -2.41. The Bertz CT molecular complexity index is 953. The number of hydrogen-bond donors (Lipinski definition) is 1. The van der Waals surface area contributed by atoms with Crippen molar-refractivity contribution in [1.29, 1.82) is 0 Å². The highest BCUT2D eigenvalue weighted by molar-refractivity contribution is 6.30. The van der Waals surface area contributed by atoms with Gasteiger partial charge in [-0.2, -0.15) is 4.98 Å². The summed E-state index contributed by atoms with van der Waals surface area (Å²) < 4.78 is 5.53. The summed E-state index contributed by atoms with van der Waals surface area (Å²) >= 11 is 5.91. The first-order chi connectivity index (χ1) is 13.6. The van der Waals surface area contributed by atoms with Gasteiger partial charge >= 0.3 is 6.03 Å². The van der Waals surface area contributed by atoms with E-state index in [1.807, 2.05) is 31.2 Å². The number of aromatic nitrogens is 2. The van der Waals surface area contributed by atoms with Crippen molar-refractivity contribution in [2.45, 2.75) is 32.2 Å². The minimum absolute atomic E-state index is 0.179. The minimum atomic E-state index is -0.229. The molecule has 1 aromatic heterocycles. The van der Waals surface area contributed by atoms with Crippen molar-refractivity contribution in [2.24, 2.45) is 0 Å². The van der Waals surface area contributed by atoms with Crippen LogP contribution in [-0.2, 0) is 0 Å². The number of nitrogens with one attached hydrogen (secondary N) is 1. The molecule has 0 spiro atoms. The van der Waals surface area contributed by atoms with Gasteiger partial charge in [0.15, 0.2) is 0 Å². The second-order valence-corrected chi connectivity index (χ2v) is 7.40. The molecule has 144 valence electrons. The average Bonchev–Trinajstić information content (AvgIpc) is 3.20. The number of piperidine rings is 1. The number of carbonyl (C=O) groups excluding carboxylic acids is 1. The Morgan fingerprint density at radius 1 is 1.14 bits per heavy atom. The van der Waals surface area contributed by atoms with Crippen molar-refractivity contribution in [3.8, 4) is 11.4 Å². The van der Waals surface area contributed by atoms with E-state index < -0.39 is 0 Å². The Kier molecular flexibility index (Phi) is 5.30. The van der Waals surface area contributed by atoms with Crippen LogP contribution in [0.4, 0.5) is 10.5 Å². The number of likely N-dealkylation sites (tertiary alicyclic amines) is 1. The fraction of sp³-hybridized carbons (Fsp3) is 0.286. The summed E-state index contributed by atoms with van der Waals surface area (Å²) in [6.45, 7) is 2.68. The number of rotatable bonds is 3. The van der Waals surface area contributed by atoms with E-state index in [0.717, 1.165) is 24.8 Å². The van der Waals surface area contributed by atoms with Crippen molar-refractivity contribution >= 4 is 23.3 Å². The monoisotopic (exact) mass is 396 g/mol. The first kappa shape index (κ1) is 18.5. The molecule has 1 aliphatic rings. The number of hydrogen-bond acceptors (Lipinski definition) is 4. The van der Waals surface area contributed by atoms with Crippen molar-refractivity contribution in [3.05, 3.63) is 65.0 Å². The van der Waals surface area contributed by atoms with Gasteiger partial charge in [-0.15, -0.1) is 0 Å². The SMILES string of the molecule is Cc1ccc(-c2noc([C@@H]3CCCCN3C(=O)Nc3ccc(Cl)cc3)n2)cc1. The van der Waals surface area contributed by atoms with E-state index in [2.05, 4.69) is 15.5 Å². The van der Waals surface area contributed by atoms with Crippen LogP contribution in [-0.4, -0.2) is 27.6 Å². The summed E-state index contributed by atoms with van der Waals surface area (Å²) in [5.41, 5.74) is 2.77. The number of urea groups is 1. The summed E-state index contributed by atoms with van der Waals surface area (Å²) in [6, 6.07) is 14.6. The molecule has 4 rings (SSSR count). The fourth-order valence-electron chi connectivity index (χ4n) is 3.35. The van der Waals surface area contributed by atoms with E-state index in [9.17, 15) is 4.79 Å². The van der Waals surface area contributed by atoms with Gasteiger partial charge in [0.05, 0.1) is 0 Å². The van der Waals surface area contributed by atoms with E-state index in [4.69, 9.17) is 16.1 Å². The lowest BCUT2D eigenvalue weighted by molar-refractivity contribution is 0.142. The second-order valence-electron chi connectivity index (χ2n) is 6.96. The Morgan fingerprint density at radius 2 is 1.89 bits per heavy atom. The zero-order valence-corrected chi connectivity index (χ0v) is 16.3. The zero-order chi connectivity index (χ0) is 19.5. The Morgan fingerprint density at radius 3 is 2.64 bits per heavy atom. The van der Waals surface area contributed by atoms with Crippen molar-refractivity contribution in [3.63, 3.8) is 0 Å². The summed E-state index contributed by atoms with van der Waals surface area (Å²) in [7, 11) is 0. The van der Waals surface area contributed by atoms with Crippen LogP contribution < -0.4 is 5.32 Å². The normalized spacial score (nSPS) is 16.8. The van der Waals surface area contributed by atoms with Crippen LogP contribution in [0.2, 0.25) is 5.02 Å². The maximum absolute atomic E-state index is 12.8. The van der Waals surface area contributed by atoms with Crippen LogP contribution in [0.25, 0.3) is 11.4 Å². The number of carbonyl (C=O) groups is 1. The van der Waals surface area contributed by atoms with E-state index in [-0.39, 0.29) is 12.1 Å². The second kappa shape index (κ2) is 8.02. The number of nitrogens with zero attached hydrogens (tertiary/aromatic N) is 3. The van der Waals surface area contributed by atoms with Crippen LogP contribution in [0.3, 0.4) is 0 Å². The lowest BCUT2D eigenvalue weighted by Gasteiger charge is -2.33. The third kappa shape index (κ3) is 4.02. The first-order valence-electron chi connectivity index (χ1n) is 9.34. The third-order valence-electron chi connectivity index (χ3n) is 4.90. The summed E-state index contributed by atoms with van der Waals surface area (Å²) in [5, 5.41) is 7.67. The molecule has 0 saturated carbocycles. The Balaban J connectivity index is 1.53. The van der Waals surface area contributed by atoms with E-state index in [1.165, 1.54) is 5.56 Å². The van der Waals surface area contributed by atoms with Gasteiger partial charge in [-0.1, -0.05) is 46.6 Å². The molecule has 6 nitrogen and oxygen atoms in total. The van der Waals surface area contributed by atoms with Crippen LogP contribution >= 0.6 is 11.6 Å². The number of benzene rings is 2. The molecule has 0 radical (unpaired) electrons. The smallest absolute Gasteiger partial charge is 0.322 e. The number of amides is 2. The first-order valence-corrected chi connectivity index (χ1v) is 9.72. The maximum Gasteiger partial charge on any atom is 0.322 e. The fourth-order valence-corrected chi connectivity index (χ4v) is 3.48. The third-order valence-corrected chi connectivity index (χ3v) is 5.15. The van der Waals surface area contributed by atoms with Gasteiger partial charge in [0.1, 0.15) is 6.04 Å². The Hall–Kier alpha value is -2.86. The largest absolute Gasteiger partial charge is 0.337 e. The van der Waals surface area contributed by atoms with Gasteiger partial charge in [-0.25, -0.2) is 4.79 Å². The number of anilines is 1. The summed E-state index contributed by atoms with van der Waals surface area (Å²) in [5.74, 6) is 1.01. The highest BCUT2D eigenvalue weighted by Crippen LogP contribution is 2.31. The van der Waals surface area contributed by atoms with E-state index in [1.54, 1.807) is 29.2 Å². The maximum atomic E-state index is 12.8. The molecule has 3 aromatic rings. The standard InChI is InChI=1S/C21H21ClN4O2/c1-14-5-7-15(8-6-14)19-24-20(28-25-19)18-4-2-3-13-26(18)21(27)23-17-11-9-16(22)10-12-17/h5-12,18H,2-4,13H2,1H3,(H,23,27)/t18-/m0/s1. The van der Waals surface area contributed by atoms with Gasteiger partial charge < -0.3 is 14.7 Å². The van der Waals surface area contributed by atoms with Gasteiger partial charge in [0.2, 0.25) is 11.7 Å². The minimum Gasteiger partial charge on any atom is -0.337 e. The quantitative estimate of drug-likeness (QED) is 0.638. The van der Waals surface area contributed by atoms with Crippen molar-refractivity contribution in [2.75, 3.05) is 11.9 Å². The van der Waals surface area contributed by atoms with Crippen molar-refractivity contribution in [1.82, 2.24) is 15.0 Å². The molecule has 2 amide bonds. The van der Waals surface area contributed by atoms with E-state index in [0.29, 0.717) is 29.0 Å². The highest BCUT2D eigenvalue weighted by atomic mass is 35.5. The molecule has 1 fully saturated rings. The average molecular weight is 397 g/mol. The topological polar surface area (TPSA) is 71.3 Å². The lowest BCUT2D eigenvalue weighted by atomic mass is 10.0. The molecule has 0 aliphatic carbocycles. The van der Waals surface area contributed by atoms with Crippen LogP contribution in [0, 0.1) is 6.92 Å². The highest BCUT2D eigenvalue weighted by Gasteiger charge is 2.32. The molecule has 1 N–H and O–H groups in total. The number of aryl methyl sites for hydroxylation is 1. The molecule has 2 heterocycles. The zero-order valence-electron chi connectivity index (χ0n) is 15.6. The predicted octanol–water partition coefficient (Wildman–Crippen LogP) is 5.46. The predicted molar refractivity (Wildman–Crippen MR) is 108 cm³/mol. The molecule has 1 aliphatic heterocycles. The molecule has 7 heteroatoms. The molecule has 0 bridgehead atoms. The Labute approximate surface area is 168 Å². The molecule has 1 atom stereocenters. The van der Waals surface area contributed by atoms with Crippen LogP contribution in [0.5, 0.6) is 0 Å². The van der Waals surface area contributed by atoms with E-state index >= 15 is 0 Å². The molecular weight excluding hydrogens is 376 g/mol. The molecular formula is C21H21ClN4O2. The molecule has 28 heavy (non-hydrogen) atoms. The van der Waals surface area contributed by atoms with Crippen LogP contribution in [0.1, 0.15) is 36.8 Å². The van der Waals surface area contributed by atoms with Gasteiger partial charge in [-0.3, -0.25) is 0 Å². The summed E-state index contributed by atoms with van der Waals surface area (Å²) in [4.78, 5) is 19.2. The van der Waals surface area contributed by atoms with Crippen LogP contribution in [0.15, 0.2) is 53.1 Å². The van der Waals surface area contributed by atoms with Gasteiger partial charge in [0, 0.05) is 22.8 Å². The summed E-state index contributed by atoms with van der Waals surface area (Å²) in [6.07, 6.45) is 2.75. The van der Waals surface area contributed by atoms with Gasteiger partial charge in [-0.05, 0) is 50.5 Å². The molecule has 2 aromatic carbocycles. The number of halogens is 1. The van der Waals surface area contributed by atoms with Crippen molar-refractivity contribution < 1.29 is 9.32 Å². The molecule has 1 saturated heterocycles. The molecule has 0 unspecified atom stereocenters.